The molecule has 0 aliphatic heterocycles. The van der Waals surface area contributed by atoms with E-state index in [9.17, 15) is 0 Å². The van der Waals surface area contributed by atoms with Gasteiger partial charge < -0.3 is 19.5 Å². The van der Waals surface area contributed by atoms with E-state index in [-0.39, 0.29) is 6.10 Å². The van der Waals surface area contributed by atoms with E-state index >= 15 is 0 Å². The van der Waals surface area contributed by atoms with Crippen molar-refractivity contribution >= 4 is 0 Å². The first kappa shape index (κ1) is 18.0. The van der Waals surface area contributed by atoms with Gasteiger partial charge in [-0.3, -0.25) is 0 Å². The van der Waals surface area contributed by atoms with Crippen molar-refractivity contribution in [3.63, 3.8) is 0 Å². The van der Waals surface area contributed by atoms with Crippen molar-refractivity contribution in [3.05, 3.63) is 29.8 Å². The molecule has 120 valence electrons. The van der Waals surface area contributed by atoms with Crippen LogP contribution in [0.3, 0.4) is 0 Å². The fourth-order valence-corrected chi connectivity index (χ4v) is 1.95. The van der Waals surface area contributed by atoms with Gasteiger partial charge in [0.05, 0.1) is 26.4 Å². The predicted molar refractivity (Wildman–Crippen MR) is 85.9 cm³/mol. The summed E-state index contributed by atoms with van der Waals surface area (Å²) in [5, 5.41) is 3.43. The van der Waals surface area contributed by atoms with E-state index in [0.29, 0.717) is 19.3 Å². The minimum absolute atomic E-state index is 0.00715. The van der Waals surface area contributed by atoms with Crippen molar-refractivity contribution in [2.45, 2.75) is 39.3 Å². The summed E-state index contributed by atoms with van der Waals surface area (Å²) in [6.07, 6.45) is 1.04. The zero-order valence-corrected chi connectivity index (χ0v) is 13.7. The Balaban J connectivity index is 2.57. The van der Waals surface area contributed by atoms with Gasteiger partial charge in [0.25, 0.3) is 0 Å². The topological polar surface area (TPSA) is 39.7 Å². The highest BCUT2D eigenvalue weighted by molar-refractivity contribution is 5.30. The van der Waals surface area contributed by atoms with Crippen LogP contribution in [0, 0.1) is 0 Å². The Hall–Kier alpha value is -1.10. The Labute approximate surface area is 128 Å². The molecule has 0 saturated carbocycles. The van der Waals surface area contributed by atoms with Crippen LogP contribution >= 0.6 is 0 Å². The summed E-state index contributed by atoms with van der Waals surface area (Å²) in [6.45, 7) is 9.17. The van der Waals surface area contributed by atoms with Gasteiger partial charge >= 0.3 is 0 Å². The van der Waals surface area contributed by atoms with E-state index < -0.39 is 0 Å². The molecule has 0 amide bonds. The first-order chi connectivity index (χ1) is 10.2. The first-order valence-electron chi connectivity index (χ1n) is 7.74. The normalized spacial score (nSPS) is 12.6. The molecule has 4 heteroatoms. The second-order valence-electron chi connectivity index (χ2n) is 5.31. The van der Waals surface area contributed by atoms with Crippen LogP contribution < -0.4 is 10.1 Å². The highest BCUT2D eigenvalue weighted by atomic mass is 16.5. The molecule has 0 aromatic heterocycles. The molecule has 1 aromatic rings. The van der Waals surface area contributed by atoms with E-state index in [1.54, 1.807) is 7.11 Å². The molecule has 1 atom stereocenters. The molecule has 4 nitrogen and oxygen atoms in total. The van der Waals surface area contributed by atoms with E-state index in [4.69, 9.17) is 14.2 Å². The van der Waals surface area contributed by atoms with Gasteiger partial charge in [-0.25, -0.2) is 0 Å². The average Bonchev–Trinajstić information content (AvgIpc) is 2.50. The number of ether oxygens (including phenoxy) is 3. The zero-order chi connectivity index (χ0) is 15.5. The Morgan fingerprint density at radius 3 is 2.62 bits per heavy atom. The van der Waals surface area contributed by atoms with Gasteiger partial charge in [0.15, 0.2) is 0 Å². The van der Waals surface area contributed by atoms with Crippen molar-refractivity contribution in [1.29, 1.82) is 0 Å². The fraction of sp³-hybridized carbons (Fsp3) is 0.647. The van der Waals surface area contributed by atoms with Crippen molar-refractivity contribution in [2.75, 3.05) is 33.5 Å². The van der Waals surface area contributed by atoms with Gasteiger partial charge in [-0.15, -0.1) is 0 Å². The predicted octanol–water partition coefficient (Wildman–Crippen LogP) is 3.18. The summed E-state index contributed by atoms with van der Waals surface area (Å²) in [7, 11) is 1.68. The standard InChI is InChI=1S/C17H29NO3/c1-5-9-20-10-11-21-17(13-18-14(2)3)15-7-6-8-16(12-15)19-4/h6-8,12,14,17-18H,5,9-11,13H2,1-4H3. The molecule has 1 unspecified atom stereocenters. The van der Waals surface area contributed by atoms with Crippen molar-refractivity contribution in [3.8, 4) is 5.75 Å². The Morgan fingerprint density at radius 1 is 1.14 bits per heavy atom. The molecule has 0 aliphatic carbocycles. The monoisotopic (exact) mass is 295 g/mol. The molecule has 0 spiro atoms. The van der Waals surface area contributed by atoms with Crippen LogP contribution in [-0.2, 0) is 9.47 Å². The molecule has 0 aliphatic rings. The van der Waals surface area contributed by atoms with Crippen LogP contribution in [0.4, 0.5) is 0 Å². The first-order valence-corrected chi connectivity index (χ1v) is 7.74. The Bertz CT molecular complexity index is 382. The van der Waals surface area contributed by atoms with Crippen LogP contribution in [0.15, 0.2) is 24.3 Å². The maximum atomic E-state index is 5.98. The SMILES string of the molecule is CCCOCCOC(CNC(C)C)c1cccc(OC)c1. The van der Waals surface area contributed by atoms with Crippen molar-refractivity contribution in [1.82, 2.24) is 5.32 Å². The molecule has 1 aromatic carbocycles. The fourth-order valence-electron chi connectivity index (χ4n) is 1.95. The molecule has 1 N–H and O–H groups in total. The molecule has 0 bridgehead atoms. The van der Waals surface area contributed by atoms with E-state index in [1.165, 1.54) is 0 Å². The molecular formula is C17H29NO3. The molecular weight excluding hydrogens is 266 g/mol. The van der Waals surface area contributed by atoms with Gasteiger partial charge in [0.1, 0.15) is 5.75 Å². The smallest absolute Gasteiger partial charge is 0.119 e. The van der Waals surface area contributed by atoms with Crippen molar-refractivity contribution in [2.24, 2.45) is 0 Å². The van der Waals surface area contributed by atoms with Gasteiger partial charge in [-0.1, -0.05) is 32.9 Å². The summed E-state index contributed by atoms with van der Waals surface area (Å²) in [5.41, 5.74) is 1.12. The van der Waals surface area contributed by atoms with E-state index in [1.807, 2.05) is 18.2 Å². The molecule has 1 rings (SSSR count). The van der Waals surface area contributed by atoms with Crippen molar-refractivity contribution < 1.29 is 14.2 Å². The lowest BCUT2D eigenvalue weighted by Crippen LogP contribution is -2.29. The molecule has 0 saturated heterocycles. The largest absolute Gasteiger partial charge is 0.497 e. The number of hydrogen-bond acceptors (Lipinski definition) is 4. The second kappa shape index (κ2) is 10.6. The summed E-state index contributed by atoms with van der Waals surface area (Å²) < 4.78 is 16.7. The van der Waals surface area contributed by atoms with E-state index in [2.05, 4.69) is 32.2 Å². The highest BCUT2D eigenvalue weighted by Gasteiger charge is 2.13. The van der Waals surface area contributed by atoms with Crippen LogP contribution in [0.2, 0.25) is 0 Å². The molecule has 21 heavy (non-hydrogen) atoms. The number of hydrogen-bond donors (Lipinski definition) is 1. The maximum absolute atomic E-state index is 5.98. The second-order valence-corrected chi connectivity index (χ2v) is 5.31. The molecule has 0 heterocycles. The van der Waals surface area contributed by atoms with Crippen LogP contribution in [-0.4, -0.2) is 39.5 Å². The highest BCUT2D eigenvalue weighted by Crippen LogP contribution is 2.21. The van der Waals surface area contributed by atoms with Crippen LogP contribution in [0.5, 0.6) is 5.75 Å². The number of nitrogens with one attached hydrogen (secondary N) is 1. The average molecular weight is 295 g/mol. The minimum Gasteiger partial charge on any atom is -0.497 e. The van der Waals surface area contributed by atoms with Gasteiger partial charge in [-0.2, -0.15) is 0 Å². The van der Waals surface area contributed by atoms with Gasteiger partial charge in [0.2, 0.25) is 0 Å². The third kappa shape index (κ3) is 7.46. The van der Waals surface area contributed by atoms with Gasteiger partial charge in [0, 0.05) is 19.2 Å². The Kier molecular flexibility index (Phi) is 9.06. The lowest BCUT2D eigenvalue weighted by molar-refractivity contribution is 0.00352. The maximum Gasteiger partial charge on any atom is 0.119 e. The summed E-state index contributed by atoms with van der Waals surface area (Å²) in [4.78, 5) is 0. The zero-order valence-electron chi connectivity index (χ0n) is 13.7. The third-order valence-corrected chi connectivity index (χ3v) is 3.07. The number of methoxy groups -OCH3 is 1. The number of rotatable bonds is 11. The third-order valence-electron chi connectivity index (χ3n) is 3.07. The summed E-state index contributed by atoms with van der Waals surface area (Å²) in [6, 6.07) is 8.47. The summed E-state index contributed by atoms with van der Waals surface area (Å²) >= 11 is 0. The minimum atomic E-state index is 0.00715. The van der Waals surface area contributed by atoms with Crippen LogP contribution in [0.1, 0.15) is 38.9 Å². The van der Waals surface area contributed by atoms with Crippen LogP contribution in [0.25, 0.3) is 0 Å². The quantitative estimate of drug-likeness (QED) is 0.637. The van der Waals surface area contributed by atoms with E-state index in [0.717, 1.165) is 30.9 Å². The lowest BCUT2D eigenvalue weighted by atomic mass is 10.1. The summed E-state index contributed by atoms with van der Waals surface area (Å²) in [5.74, 6) is 0.855. The molecule has 0 fully saturated rings. The Morgan fingerprint density at radius 2 is 1.95 bits per heavy atom. The molecule has 0 radical (unpaired) electrons. The van der Waals surface area contributed by atoms with Gasteiger partial charge in [-0.05, 0) is 24.1 Å². The number of benzene rings is 1. The lowest BCUT2D eigenvalue weighted by Gasteiger charge is -2.21.